The van der Waals surface area contributed by atoms with Crippen molar-refractivity contribution in [1.82, 2.24) is 14.9 Å². The monoisotopic (exact) mass is 1110 g/mol. The SMILES string of the molecule is COc1ccc(OCCOc2ccc(NS(=O)Oc3cc(C(C)(C)CC(C)(C)C)ccc3C)cc2OS(=O)Nc2ccc(-c3nc4n(n3)N=C(C(C)(C)C)C4=Nc3ccc(N(CCC#N)CCC#N)cc3C(C)(C)C)cc2)cc1. The van der Waals surface area contributed by atoms with Crippen molar-refractivity contribution in [2.75, 3.05) is 47.8 Å². The Bertz CT molecular complexity index is 3300. The van der Waals surface area contributed by atoms with E-state index in [0.717, 1.165) is 40.2 Å². The summed E-state index contributed by atoms with van der Waals surface area (Å²) in [4.78, 5) is 13.8. The fraction of sp³-hybridized carbons (Fsp3) is 0.400. The number of hydrogen-bond donors (Lipinski definition) is 2. The minimum atomic E-state index is -2.15. The molecule has 416 valence electrons. The number of nitriles is 2. The fourth-order valence-corrected chi connectivity index (χ4v) is 10.5. The molecule has 0 amide bonds. The van der Waals surface area contributed by atoms with Crippen molar-refractivity contribution in [2.45, 2.75) is 113 Å². The van der Waals surface area contributed by atoms with Gasteiger partial charge in [0.15, 0.2) is 17.3 Å². The highest BCUT2D eigenvalue weighted by atomic mass is 32.2. The summed E-state index contributed by atoms with van der Waals surface area (Å²) in [5, 5.41) is 28.4. The fourth-order valence-electron chi connectivity index (χ4n) is 9.14. The van der Waals surface area contributed by atoms with Gasteiger partial charge in [0.25, 0.3) is 0 Å². The van der Waals surface area contributed by atoms with E-state index in [4.69, 9.17) is 42.8 Å². The molecule has 1 aromatic heterocycles. The van der Waals surface area contributed by atoms with E-state index in [9.17, 15) is 18.9 Å². The van der Waals surface area contributed by atoms with Gasteiger partial charge < -0.3 is 27.5 Å². The van der Waals surface area contributed by atoms with Gasteiger partial charge in [-0.25, -0.2) is 9.98 Å². The molecule has 19 heteroatoms. The van der Waals surface area contributed by atoms with Crippen LogP contribution < -0.4 is 36.9 Å². The van der Waals surface area contributed by atoms with Crippen molar-refractivity contribution in [2.24, 2.45) is 20.9 Å². The number of rotatable bonds is 23. The number of nitrogens with zero attached hydrogens (tertiary/aromatic N) is 8. The average Bonchev–Trinajstić information content (AvgIpc) is 3.99. The zero-order chi connectivity index (χ0) is 57.3. The summed E-state index contributed by atoms with van der Waals surface area (Å²) in [6.45, 7) is 26.9. The topological polar surface area (TPSA) is 211 Å². The lowest BCUT2D eigenvalue weighted by Crippen LogP contribution is -2.27. The Morgan fingerprint density at radius 1 is 0.684 bits per heavy atom. The van der Waals surface area contributed by atoms with Crippen LogP contribution in [0.3, 0.4) is 0 Å². The van der Waals surface area contributed by atoms with Gasteiger partial charge in [-0.3, -0.25) is 9.44 Å². The van der Waals surface area contributed by atoms with Crippen molar-refractivity contribution < 1.29 is 31.0 Å². The van der Waals surface area contributed by atoms with Crippen LogP contribution in [0.1, 0.15) is 118 Å². The summed E-state index contributed by atoms with van der Waals surface area (Å²) >= 11 is -4.17. The van der Waals surface area contributed by atoms with Gasteiger partial charge >= 0.3 is 22.5 Å². The Balaban J connectivity index is 1.09. The summed E-state index contributed by atoms with van der Waals surface area (Å²) in [5.74, 6) is 3.09. The Hall–Kier alpha value is -7.74. The molecule has 2 atom stereocenters. The normalized spacial score (nSPS) is 13.8. The minimum Gasteiger partial charge on any atom is -0.497 e. The number of aliphatic imine (C=N–C) groups is 1. The van der Waals surface area contributed by atoms with Crippen LogP contribution >= 0.6 is 0 Å². The van der Waals surface area contributed by atoms with Gasteiger partial charge in [-0.05, 0) is 131 Å². The molecular formula is C60H72N10O7S2. The molecule has 7 rings (SSSR count). The minimum absolute atomic E-state index is 0.0955. The lowest BCUT2D eigenvalue weighted by molar-refractivity contribution is 0.214. The van der Waals surface area contributed by atoms with Crippen LogP contribution in [0.25, 0.3) is 11.4 Å². The van der Waals surface area contributed by atoms with Crippen LogP contribution in [-0.4, -0.2) is 68.1 Å². The first-order chi connectivity index (χ1) is 37.3. The van der Waals surface area contributed by atoms with Gasteiger partial charge in [0.05, 0.1) is 49.2 Å². The van der Waals surface area contributed by atoms with E-state index in [1.165, 1.54) is 10.9 Å². The summed E-state index contributed by atoms with van der Waals surface area (Å²) in [5.41, 5.74) is 6.63. The maximum Gasteiger partial charge on any atom is 0.316 e. The lowest BCUT2D eigenvalue weighted by atomic mass is 9.72. The summed E-state index contributed by atoms with van der Waals surface area (Å²) in [6.07, 6.45) is 1.61. The lowest BCUT2D eigenvalue weighted by Gasteiger charge is -2.33. The van der Waals surface area contributed by atoms with Gasteiger partial charge in [0.1, 0.15) is 36.2 Å². The molecular weight excluding hydrogens is 1040 g/mol. The number of nitrogens with one attached hydrogen (secondary N) is 2. The third-order valence-corrected chi connectivity index (χ3v) is 14.2. The number of benzene rings is 5. The Labute approximate surface area is 470 Å². The summed E-state index contributed by atoms with van der Waals surface area (Å²) < 4.78 is 62.4. The van der Waals surface area contributed by atoms with Crippen LogP contribution in [0.4, 0.5) is 22.7 Å². The van der Waals surface area contributed by atoms with Crippen LogP contribution in [0.2, 0.25) is 0 Å². The van der Waals surface area contributed by atoms with Crippen molar-refractivity contribution >= 4 is 56.7 Å². The average molecular weight is 1110 g/mol. The number of fused-ring (bicyclic) bond motifs is 1. The van der Waals surface area contributed by atoms with Crippen molar-refractivity contribution in [3.05, 3.63) is 126 Å². The summed E-state index contributed by atoms with van der Waals surface area (Å²) in [7, 11) is 1.60. The van der Waals surface area contributed by atoms with E-state index >= 15 is 0 Å². The van der Waals surface area contributed by atoms with Crippen molar-refractivity contribution in [3.8, 4) is 52.3 Å². The maximum absolute atomic E-state index is 13.8. The molecule has 5 aromatic carbocycles. The highest BCUT2D eigenvalue weighted by molar-refractivity contribution is 7.82. The predicted octanol–water partition coefficient (Wildman–Crippen LogP) is 12.9. The molecule has 0 fully saturated rings. The van der Waals surface area contributed by atoms with Gasteiger partial charge in [-0.2, -0.15) is 24.0 Å². The molecule has 6 aromatic rings. The zero-order valence-electron chi connectivity index (χ0n) is 47.5. The second-order valence-electron chi connectivity index (χ2n) is 23.1. The van der Waals surface area contributed by atoms with E-state index in [1.54, 1.807) is 67.8 Å². The number of ether oxygens (including phenoxy) is 3. The molecule has 17 nitrogen and oxygen atoms in total. The smallest absolute Gasteiger partial charge is 0.316 e. The van der Waals surface area contributed by atoms with Crippen molar-refractivity contribution in [3.63, 3.8) is 0 Å². The molecule has 0 saturated carbocycles. The number of anilines is 3. The van der Waals surface area contributed by atoms with Crippen LogP contribution in [0.15, 0.2) is 113 Å². The van der Waals surface area contributed by atoms with Crippen LogP contribution in [-0.2, 0) is 33.4 Å². The van der Waals surface area contributed by atoms with Gasteiger partial charge in [-0.1, -0.05) is 88.3 Å². The number of hydrogen-bond acceptors (Lipinski definition) is 14. The largest absolute Gasteiger partial charge is 0.497 e. The first-order valence-corrected chi connectivity index (χ1v) is 28.3. The molecule has 1 aliphatic rings. The molecule has 79 heavy (non-hydrogen) atoms. The molecule has 0 radical (unpaired) electrons. The Morgan fingerprint density at radius 3 is 1.92 bits per heavy atom. The second-order valence-corrected chi connectivity index (χ2v) is 24.8. The van der Waals surface area contributed by atoms with E-state index < -0.39 is 27.9 Å². The molecule has 2 heterocycles. The van der Waals surface area contributed by atoms with Gasteiger partial charge in [0.2, 0.25) is 5.82 Å². The maximum atomic E-state index is 13.8. The van der Waals surface area contributed by atoms with Crippen molar-refractivity contribution in [1.29, 1.82) is 10.5 Å². The highest BCUT2D eigenvalue weighted by Crippen LogP contribution is 2.40. The molecule has 0 bridgehead atoms. The number of methoxy groups -OCH3 is 1. The van der Waals surface area contributed by atoms with E-state index in [-0.39, 0.29) is 41.0 Å². The third kappa shape index (κ3) is 15.7. The van der Waals surface area contributed by atoms with Crippen LogP contribution in [0, 0.1) is 40.4 Å². The number of aromatic nitrogens is 3. The molecule has 0 spiro atoms. The zero-order valence-corrected chi connectivity index (χ0v) is 49.1. The first kappa shape index (κ1) is 58.9. The third-order valence-electron chi connectivity index (χ3n) is 12.7. The number of aryl methyl sites for hydroxylation is 1. The Morgan fingerprint density at radius 2 is 1.30 bits per heavy atom. The van der Waals surface area contributed by atoms with Gasteiger partial charge in [0, 0.05) is 41.5 Å². The summed E-state index contributed by atoms with van der Waals surface area (Å²) in [6, 6.07) is 35.6. The van der Waals surface area contributed by atoms with E-state index in [1.807, 2.05) is 31.2 Å². The first-order valence-electron chi connectivity index (χ1n) is 26.1. The molecule has 2 unspecified atom stereocenters. The Kier molecular flexibility index (Phi) is 18.6. The quantitative estimate of drug-likeness (QED) is 0.0574. The van der Waals surface area contributed by atoms with E-state index in [0.29, 0.717) is 77.5 Å². The predicted molar refractivity (Wildman–Crippen MR) is 315 cm³/mol. The molecule has 0 aliphatic carbocycles. The standard InChI is InChI=1S/C60H72N10O7S2/c1-40-16-19-42(60(11,12)39-57(2,3)4)36-51(40)76-79(72)68-44-22-29-50(75-35-34-74-47-26-24-46(73-13)25-27-47)52(37-44)77-78(71)67-43-20-17-41(18-21-43)55-64-56-53(54(59(8,9)10)65-70(56)66-55)63-49-28-23-45(38-48(49)58(5,6)7)69(32-14-30-61)33-15-31-62/h16-29,36-38,67-68H,14-15,32-35,39H2,1-13H3. The second kappa shape index (κ2) is 24.9. The van der Waals surface area contributed by atoms with E-state index in [2.05, 4.69) is 115 Å². The molecule has 2 N–H and O–H groups in total. The molecule has 1 aliphatic heterocycles. The highest BCUT2D eigenvalue weighted by Gasteiger charge is 2.36. The molecule has 0 saturated heterocycles. The van der Waals surface area contributed by atoms with Crippen LogP contribution in [0.5, 0.6) is 28.7 Å². The van der Waals surface area contributed by atoms with Gasteiger partial charge in [-0.15, -0.1) is 9.89 Å².